The predicted octanol–water partition coefficient (Wildman–Crippen LogP) is 6.08. The van der Waals surface area contributed by atoms with Gasteiger partial charge in [-0.2, -0.15) is 0 Å². The van der Waals surface area contributed by atoms with Gasteiger partial charge in [0.25, 0.3) is 5.91 Å². The summed E-state index contributed by atoms with van der Waals surface area (Å²) in [6.45, 7) is 5.13. The van der Waals surface area contributed by atoms with Gasteiger partial charge in [0.15, 0.2) is 0 Å². The molecule has 3 aliphatic heterocycles. The van der Waals surface area contributed by atoms with Gasteiger partial charge in [-0.3, -0.25) is 4.79 Å². The number of rotatable bonds is 2. The Bertz CT molecular complexity index is 1620. The lowest BCUT2D eigenvalue weighted by molar-refractivity contribution is -0.239. The van der Waals surface area contributed by atoms with Gasteiger partial charge in [-0.05, 0) is 59.6 Å². The van der Waals surface area contributed by atoms with Gasteiger partial charge in [0, 0.05) is 30.3 Å². The van der Waals surface area contributed by atoms with Crippen LogP contribution in [0.25, 0.3) is 32.9 Å². The number of benzene rings is 3. The molecule has 3 aromatic carbocycles. The number of carbonyl (C=O) groups excluding carboxylic acids is 1. The maximum Gasteiger partial charge on any atom is 0.252 e. The zero-order valence-corrected chi connectivity index (χ0v) is 20.9. The van der Waals surface area contributed by atoms with Gasteiger partial charge in [0.05, 0.1) is 22.7 Å². The zero-order chi connectivity index (χ0) is 24.3. The second-order valence-corrected chi connectivity index (χ2v) is 11.2. The number of fused-ring (bicyclic) bond motifs is 12. The summed E-state index contributed by atoms with van der Waals surface area (Å²) in [5.41, 5.74) is 9.03. The van der Waals surface area contributed by atoms with Gasteiger partial charge in [-0.25, -0.2) is 0 Å². The molecule has 36 heavy (non-hydrogen) atoms. The van der Waals surface area contributed by atoms with E-state index in [1.54, 1.807) is 0 Å². The summed E-state index contributed by atoms with van der Waals surface area (Å²) < 4.78 is 15.9. The van der Waals surface area contributed by atoms with E-state index >= 15 is 0 Å². The van der Waals surface area contributed by atoms with Gasteiger partial charge in [-0.1, -0.05) is 55.8 Å². The van der Waals surface area contributed by atoms with Crippen LogP contribution in [0.5, 0.6) is 0 Å². The highest BCUT2D eigenvalue weighted by molar-refractivity contribution is 6.23. The smallest absolute Gasteiger partial charge is 0.252 e. The molecule has 1 aromatic heterocycles. The van der Waals surface area contributed by atoms with Crippen molar-refractivity contribution in [2.45, 2.75) is 63.5 Å². The molecule has 4 heterocycles. The lowest BCUT2D eigenvalue weighted by Gasteiger charge is -2.51. The van der Waals surface area contributed by atoms with Gasteiger partial charge >= 0.3 is 0 Å². The molecular formula is C31H30N2O3. The van der Waals surface area contributed by atoms with Crippen LogP contribution in [0.15, 0.2) is 48.5 Å². The summed E-state index contributed by atoms with van der Waals surface area (Å²) in [7, 11) is 1.85. The summed E-state index contributed by atoms with van der Waals surface area (Å²) in [4.78, 5) is 13.4. The van der Waals surface area contributed by atoms with Crippen LogP contribution in [-0.4, -0.2) is 29.3 Å². The first kappa shape index (κ1) is 21.0. The van der Waals surface area contributed by atoms with E-state index in [4.69, 9.17) is 9.47 Å². The molecule has 2 bridgehead atoms. The first-order valence-electron chi connectivity index (χ1n) is 13.2. The number of hydrogen-bond acceptors (Lipinski definition) is 3. The van der Waals surface area contributed by atoms with Crippen LogP contribution in [0.2, 0.25) is 0 Å². The summed E-state index contributed by atoms with van der Waals surface area (Å²) in [6.07, 6.45) is 2.74. The highest BCUT2D eigenvalue weighted by Gasteiger charge is 2.56. The van der Waals surface area contributed by atoms with Crippen LogP contribution in [0.3, 0.4) is 0 Å². The average molecular weight is 479 g/mol. The minimum absolute atomic E-state index is 0.000735. The van der Waals surface area contributed by atoms with Crippen molar-refractivity contribution >= 4 is 27.7 Å². The highest BCUT2D eigenvalue weighted by atomic mass is 16.6. The van der Waals surface area contributed by atoms with Crippen molar-refractivity contribution in [1.29, 1.82) is 0 Å². The Kier molecular flexibility index (Phi) is 4.07. The number of aromatic nitrogens is 1. The van der Waals surface area contributed by atoms with Crippen molar-refractivity contribution in [2.24, 2.45) is 5.92 Å². The molecule has 4 aromatic rings. The predicted molar refractivity (Wildman–Crippen MR) is 140 cm³/mol. The Morgan fingerprint density at radius 1 is 1.14 bits per heavy atom. The monoisotopic (exact) mass is 478 g/mol. The maximum absolute atomic E-state index is 13.4. The van der Waals surface area contributed by atoms with Gasteiger partial charge in [0.2, 0.25) is 0 Å². The third-order valence-electron chi connectivity index (χ3n) is 9.65. The number of methoxy groups -OCH3 is 1. The molecular weight excluding hydrogens is 448 g/mol. The number of ether oxygens (including phenoxy) is 2. The fourth-order valence-electron chi connectivity index (χ4n) is 8.23. The zero-order valence-electron chi connectivity index (χ0n) is 20.9. The Hall–Kier alpha value is -3.15. The molecule has 182 valence electrons. The van der Waals surface area contributed by atoms with E-state index in [0.717, 1.165) is 46.7 Å². The molecule has 5 heteroatoms. The molecule has 1 amide bonds. The standard InChI is InChI=1S/C31H30N2O3/c1-4-16-14-23-33-22-12-8-7-11-19(22)25-26-20(15-32-30(26)34)24-18-10-6-5-9-17(18)13-21(27(24)28(25)33)31(2,36-23)29(16)35-3/h5-12,16,21,23,29H,4,13-15H2,1-3H3,(H,32,34)/t16-,21?,23-,29-,31-/m1/s1. The average Bonchev–Trinajstić information content (AvgIpc) is 3.43. The molecule has 5 atom stereocenters. The topological polar surface area (TPSA) is 52.5 Å². The quantitative estimate of drug-likeness (QED) is 0.380. The van der Waals surface area contributed by atoms with Crippen molar-refractivity contribution < 1.29 is 14.3 Å². The highest BCUT2D eigenvalue weighted by Crippen LogP contribution is 2.60. The van der Waals surface area contributed by atoms with Crippen molar-refractivity contribution in [1.82, 2.24) is 9.88 Å². The molecule has 1 aliphatic carbocycles. The van der Waals surface area contributed by atoms with Crippen LogP contribution < -0.4 is 5.32 Å². The molecule has 1 fully saturated rings. The van der Waals surface area contributed by atoms with Crippen LogP contribution in [-0.2, 0) is 22.4 Å². The van der Waals surface area contributed by atoms with E-state index in [9.17, 15) is 4.79 Å². The SMILES string of the molecule is CC[C@@H]1C[C@H]2O[C@](C)(C3Cc4ccccc4-c4c5c(c6c7ccccc7n2c6c43)C(=O)NC5)[C@@H]1OC. The molecule has 8 rings (SSSR count). The Labute approximate surface area is 210 Å². The molecule has 0 spiro atoms. The van der Waals surface area contributed by atoms with E-state index in [0.29, 0.717) is 12.5 Å². The molecule has 1 unspecified atom stereocenters. The van der Waals surface area contributed by atoms with Crippen molar-refractivity contribution in [3.63, 3.8) is 0 Å². The summed E-state index contributed by atoms with van der Waals surface area (Å²) in [6, 6.07) is 17.3. The summed E-state index contributed by atoms with van der Waals surface area (Å²) >= 11 is 0. The summed E-state index contributed by atoms with van der Waals surface area (Å²) in [5, 5.41) is 5.42. The number of amides is 1. The number of nitrogens with zero attached hydrogens (tertiary/aromatic N) is 1. The Morgan fingerprint density at radius 2 is 1.94 bits per heavy atom. The first-order chi connectivity index (χ1) is 17.6. The second-order valence-electron chi connectivity index (χ2n) is 11.2. The fraction of sp³-hybridized carbons (Fsp3) is 0.387. The number of para-hydroxylation sites is 1. The molecule has 5 nitrogen and oxygen atoms in total. The molecule has 0 radical (unpaired) electrons. The maximum atomic E-state index is 13.4. The minimum Gasteiger partial charge on any atom is -0.378 e. The molecule has 4 aliphatic rings. The van der Waals surface area contributed by atoms with Gasteiger partial charge in [-0.15, -0.1) is 0 Å². The van der Waals surface area contributed by atoms with E-state index in [2.05, 4.69) is 72.3 Å². The third kappa shape index (κ3) is 2.32. The minimum atomic E-state index is -0.488. The first-order valence-corrected chi connectivity index (χ1v) is 13.2. The van der Waals surface area contributed by atoms with E-state index in [-0.39, 0.29) is 24.2 Å². The molecule has 1 N–H and O–H groups in total. The van der Waals surface area contributed by atoms with E-state index < -0.39 is 5.60 Å². The van der Waals surface area contributed by atoms with Crippen molar-refractivity contribution in [2.75, 3.05) is 7.11 Å². The van der Waals surface area contributed by atoms with E-state index in [1.165, 1.54) is 27.8 Å². The Balaban J connectivity index is 1.62. The van der Waals surface area contributed by atoms with Gasteiger partial charge < -0.3 is 19.4 Å². The fourth-order valence-corrected chi connectivity index (χ4v) is 8.23. The third-order valence-corrected chi connectivity index (χ3v) is 9.65. The summed E-state index contributed by atoms with van der Waals surface area (Å²) in [5.74, 6) is 0.550. The second kappa shape index (κ2) is 6.99. The van der Waals surface area contributed by atoms with Gasteiger partial charge in [0.1, 0.15) is 11.8 Å². The lowest BCUT2D eigenvalue weighted by atomic mass is 9.65. The Morgan fingerprint density at radius 3 is 2.78 bits per heavy atom. The number of hydrogen-bond donors (Lipinski definition) is 1. The molecule has 1 saturated heterocycles. The van der Waals surface area contributed by atoms with E-state index in [1.807, 2.05) is 7.11 Å². The van der Waals surface area contributed by atoms with Crippen molar-refractivity contribution in [3.8, 4) is 11.1 Å². The number of carbonyl (C=O) groups is 1. The van der Waals surface area contributed by atoms with Crippen LogP contribution in [0, 0.1) is 5.92 Å². The van der Waals surface area contributed by atoms with Crippen molar-refractivity contribution in [3.05, 3.63) is 70.8 Å². The largest absolute Gasteiger partial charge is 0.378 e. The van der Waals surface area contributed by atoms with Crippen LogP contribution >= 0.6 is 0 Å². The number of nitrogens with one attached hydrogen (secondary N) is 1. The normalized spacial score (nSPS) is 29.7. The van der Waals surface area contributed by atoms with Crippen LogP contribution in [0.4, 0.5) is 0 Å². The molecule has 0 saturated carbocycles. The lowest BCUT2D eigenvalue weighted by Crippen LogP contribution is -2.56. The van der Waals surface area contributed by atoms with Crippen LogP contribution in [0.1, 0.15) is 65.9 Å².